The van der Waals surface area contributed by atoms with E-state index >= 15 is 0 Å². The van der Waals surface area contributed by atoms with E-state index in [1.165, 1.54) is 48.5 Å². The number of hydrogen-bond donors (Lipinski definition) is 1. The molecule has 1 N–H and O–H groups in total. The molecule has 7 heteroatoms. The number of hydrogen-bond acceptors (Lipinski definition) is 5. The number of nitrogens with zero attached hydrogens (tertiary/aromatic N) is 1. The third-order valence-electron chi connectivity index (χ3n) is 4.76. The maximum absolute atomic E-state index is 12.7. The van der Waals surface area contributed by atoms with Gasteiger partial charge in [-0.15, -0.1) is 0 Å². The highest BCUT2D eigenvalue weighted by Gasteiger charge is 2.30. The molecule has 6 nitrogen and oxygen atoms in total. The molecule has 0 amide bonds. The minimum absolute atomic E-state index is 0.222. The molecule has 2 aliphatic rings. The zero-order valence-corrected chi connectivity index (χ0v) is 14.7. The topological polar surface area (TPSA) is 75.7 Å². The average molecular weight is 352 g/mol. The van der Waals surface area contributed by atoms with E-state index in [0.29, 0.717) is 24.7 Å². The molecule has 1 saturated carbocycles. The Morgan fingerprint density at radius 3 is 2.33 bits per heavy atom. The molecule has 3 rings (SSSR count). The number of sulfonamides is 1. The summed E-state index contributed by atoms with van der Waals surface area (Å²) in [7, 11) is -2.20. The van der Waals surface area contributed by atoms with Crippen LogP contribution in [0, 0.1) is 5.92 Å². The van der Waals surface area contributed by atoms with E-state index in [4.69, 9.17) is 0 Å². The zero-order chi connectivity index (χ0) is 17.2. The van der Waals surface area contributed by atoms with Crippen molar-refractivity contribution in [2.75, 3.05) is 26.7 Å². The molecule has 0 bridgehead atoms. The summed E-state index contributed by atoms with van der Waals surface area (Å²) in [6.07, 6.45) is 4.32. The molecule has 0 spiro atoms. The second-order valence-corrected chi connectivity index (χ2v) is 8.48. The van der Waals surface area contributed by atoms with E-state index in [1.54, 1.807) is 0 Å². The highest BCUT2D eigenvalue weighted by atomic mass is 32.2. The lowest BCUT2D eigenvalue weighted by Crippen LogP contribution is -2.45. The van der Waals surface area contributed by atoms with E-state index in [0.717, 1.165) is 25.3 Å². The lowest BCUT2D eigenvalue weighted by Gasteiger charge is -2.31. The van der Waals surface area contributed by atoms with Crippen LogP contribution >= 0.6 is 0 Å². The quantitative estimate of drug-likeness (QED) is 0.788. The number of methoxy groups -OCH3 is 1. The Hall–Kier alpha value is -1.44. The third-order valence-corrected chi connectivity index (χ3v) is 6.67. The average Bonchev–Trinajstić information content (AvgIpc) is 3.44. The standard InChI is InChI=1S/C17H24N2O4S/c1-23-17(20)14-4-6-16(7-5-14)24(21,22)19-10-8-15(9-11-19)18-12-13-2-3-13/h4-7,13,15,18H,2-3,8-12H2,1H3. The van der Waals surface area contributed by atoms with E-state index < -0.39 is 16.0 Å². The fourth-order valence-electron chi connectivity index (χ4n) is 2.99. The first-order valence-electron chi connectivity index (χ1n) is 8.42. The van der Waals surface area contributed by atoms with Crippen molar-refractivity contribution in [3.63, 3.8) is 0 Å². The summed E-state index contributed by atoms with van der Waals surface area (Å²) in [5.41, 5.74) is 0.347. The molecule has 1 saturated heterocycles. The first-order chi connectivity index (χ1) is 11.5. The summed E-state index contributed by atoms with van der Waals surface area (Å²) in [5, 5.41) is 3.55. The second-order valence-electron chi connectivity index (χ2n) is 6.55. The lowest BCUT2D eigenvalue weighted by molar-refractivity contribution is 0.0600. The number of piperidine rings is 1. The first-order valence-corrected chi connectivity index (χ1v) is 9.86. The van der Waals surface area contributed by atoms with Crippen LogP contribution in [0.3, 0.4) is 0 Å². The van der Waals surface area contributed by atoms with Gasteiger partial charge in [0.05, 0.1) is 17.6 Å². The number of benzene rings is 1. The van der Waals surface area contributed by atoms with Crippen LogP contribution in [0.4, 0.5) is 0 Å². The van der Waals surface area contributed by atoms with Crippen LogP contribution in [0.2, 0.25) is 0 Å². The summed E-state index contributed by atoms with van der Waals surface area (Å²) in [5.74, 6) is 0.363. The van der Waals surface area contributed by atoms with Gasteiger partial charge in [-0.05, 0) is 62.4 Å². The van der Waals surface area contributed by atoms with Crippen LogP contribution < -0.4 is 5.32 Å². The van der Waals surface area contributed by atoms with Gasteiger partial charge in [-0.3, -0.25) is 0 Å². The molecule has 1 heterocycles. The van der Waals surface area contributed by atoms with Crippen LogP contribution in [-0.2, 0) is 14.8 Å². The maximum atomic E-state index is 12.7. The van der Waals surface area contributed by atoms with Gasteiger partial charge in [-0.1, -0.05) is 0 Å². The Bertz CT molecular complexity index is 675. The van der Waals surface area contributed by atoms with Crippen LogP contribution in [0.25, 0.3) is 0 Å². The van der Waals surface area contributed by atoms with Crippen molar-refractivity contribution in [1.82, 2.24) is 9.62 Å². The zero-order valence-electron chi connectivity index (χ0n) is 13.9. The van der Waals surface area contributed by atoms with Crippen molar-refractivity contribution in [2.24, 2.45) is 5.92 Å². The van der Waals surface area contributed by atoms with E-state index in [9.17, 15) is 13.2 Å². The number of carbonyl (C=O) groups excluding carboxylic acids is 1. The van der Waals surface area contributed by atoms with E-state index in [2.05, 4.69) is 10.1 Å². The molecule has 1 aliphatic carbocycles. The molecule has 132 valence electrons. The Balaban J connectivity index is 1.59. The Kier molecular flexibility index (Phi) is 5.22. The van der Waals surface area contributed by atoms with Gasteiger partial charge in [0.1, 0.15) is 0 Å². The Labute approximate surface area is 143 Å². The predicted octanol–water partition coefficient (Wildman–Crippen LogP) is 1.63. The van der Waals surface area contributed by atoms with Crippen molar-refractivity contribution in [2.45, 2.75) is 36.6 Å². The van der Waals surface area contributed by atoms with E-state index in [-0.39, 0.29) is 4.90 Å². The smallest absolute Gasteiger partial charge is 0.337 e. The van der Waals surface area contributed by atoms with Crippen LogP contribution in [-0.4, -0.2) is 51.5 Å². The second kappa shape index (κ2) is 7.21. The van der Waals surface area contributed by atoms with Crippen LogP contribution in [0.1, 0.15) is 36.0 Å². The molecule has 0 atom stereocenters. The fourth-order valence-corrected chi connectivity index (χ4v) is 4.46. The number of rotatable bonds is 6. The summed E-state index contributed by atoms with van der Waals surface area (Å²) in [6, 6.07) is 6.34. The third kappa shape index (κ3) is 3.96. The largest absolute Gasteiger partial charge is 0.465 e. The van der Waals surface area contributed by atoms with Crippen molar-refractivity contribution < 1.29 is 17.9 Å². The molecular weight excluding hydrogens is 328 g/mol. The Morgan fingerprint density at radius 2 is 1.79 bits per heavy atom. The number of carbonyl (C=O) groups is 1. The van der Waals surface area contributed by atoms with Gasteiger partial charge in [0, 0.05) is 19.1 Å². The summed E-state index contributed by atoms with van der Waals surface area (Å²) in [4.78, 5) is 11.7. The Morgan fingerprint density at radius 1 is 1.17 bits per heavy atom. The molecule has 0 aromatic heterocycles. The van der Waals surface area contributed by atoms with Crippen LogP contribution in [0.5, 0.6) is 0 Å². The predicted molar refractivity (Wildman–Crippen MR) is 90.3 cm³/mol. The van der Waals surface area contributed by atoms with Gasteiger partial charge in [-0.2, -0.15) is 4.31 Å². The molecule has 2 fully saturated rings. The van der Waals surface area contributed by atoms with Gasteiger partial charge in [0.25, 0.3) is 0 Å². The number of nitrogens with one attached hydrogen (secondary N) is 1. The first kappa shape index (κ1) is 17.4. The van der Waals surface area contributed by atoms with Crippen molar-refractivity contribution >= 4 is 16.0 Å². The monoisotopic (exact) mass is 352 g/mol. The molecule has 1 aromatic rings. The normalized spacial score (nSPS) is 20.0. The van der Waals surface area contributed by atoms with Gasteiger partial charge >= 0.3 is 5.97 Å². The van der Waals surface area contributed by atoms with Crippen LogP contribution in [0.15, 0.2) is 29.2 Å². The van der Waals surface area contributed by atoms with Crippen molar-refractivity contribution in [1.29, 1.82) is 0 Å². The van der Waals surface area contributed by atoms with Crippen molar-refractivity contribution in [3.05, 3.63) is 29.8 Å². The summed E-state index contributed by atoms with van der Waals surface area (Å²) in [6.45, 7) is 2.12. The van der Waals surface area contributed by atoms with Gasteiger partial charge in [0.15, 0.2) is 0 Å². The molecule has 0 unspecified atom stereocenters. The highest BCUT2D eigenvalue weighted by Crippen LogP contribution is 2.28. The molecule has 1 aromatic carbocycles. The van der Waals surface area contributed by atoms with Crippen molar-refractivity contribution in [3.8, 4) is 0 Å². The summed E-state index contributed by atoms with van der Waals surface area (Å²) >= 11 is 0. The van der Waals surface area contributed by atoms with Gasteiger partial charge < -0.3 is 10.1 Å². The number of ether oxygens (including phenoxy) is 1. The SMILES string of the molecule is COC(=O)c1ccc(S(=O)(=O)N2CCC(NCC3CC3)CC2)cc1. The molecule has 24 heavy (non-hydrogen) atoms. The molecule has 1 aliphatic heterocycles. The minimum Gasteiger partial charge on any atom is -0.465 e. The molecule has 0 radical (unpaired) electrons. The van der Waals surface area contributed by atoms with E-state index in [1.807, 2.05) is 0 Å². The van der Waals surface area contributed by atoms with Gasteiger partial charge in [-0.25, -0.2) is 13.2 Å². The highest BCUT2D eigenvalue weighted by molar-refractivity contribution is 7.89. The summed E-state index contributed by atoms with van der Waals surface area (Å²) < 4.78 is 31.6. The van der Waals surface area contributed by atoms with Gasteiger partial charge in [0.2, 0.25) is 10.0 Å². The molecular formula is C17H24N2O4S. The number of esters is 1. The lowest BCUT2D eigenvalue weighted by atomic mass is 10.1. The fraction of sp³-hybridized carbons (Fsp3) is 0.588. The maximum Gasteiger partial charge on any atom is 0.337 e. The minimum atomic E-state index is -3.50.